The molecule has 0 aliphatic rings. The molecule has 0 nitrogen and oxygen atoms in total. The van der Waals surface area contributed by atoms with E-state index in [1.807, 2.05) is 18.2 Å². The van der Waals surface area contributed by atoms with Gasteiger partial charge in [-0.1, -0.05) is 37.3 Å². The molecule has 0 saturated carbocycles. The minimum atomic E-state index is 0.886. The number of thiol groups is 2. The fraction of sp³-hybridized carbons (Fsp3) is 0.273. The highest BCUT2D eigenvalue weighted by atomic mass is 32.1. The second-order valence-corrected chi connectivity index (χ2v) is 3.99. The van der Waals surface area contributed by atoms with Crippen molar-refractivity contribution in [3.05, 3.63) is 45.7 Å². The number of benzene rings is 1. The Kier molecular flexibility index (Phi) is 4.46. The molecule has 2 heteroatoms. The van der Waals surface area contributed by atoms with Crippen LogP contribution in [0.1, 0.15) is 18.9 Å². The van der Waals surface area contributed by atoms with Crippen molar-refractivity contribution in [3.8, 4) is 0 Å². The third-order valence-corrected chi connectivity index (χ3v) is 3.07. The molecule has 13 heavy (non-hydrogen) atoms. The molecule has 0 atom stereocenters. The highest BCUT2D eigenvalue weighted by molar-refractivity contribution is 7.88. The molecule has 0 amide bonds. The third-order valence-electron chi connectivity index (χ3n) is 1.88. The van der Waals surface area contributed by atoms with E-state index in [1.165, 1.54) is 5.56 Å². The fourth-order valence-corrected chi connectivity index (χ4v) is 1.52. The van der Waals surface area contributed by atoms with Gasteiger partial charge >= 0.3 is 0 Å². The lowest BCUT2D eigenvalue weighted by Crippen LogP contribution is -1.86. The van der Waals surface area contributed by atoms with Gasteiger partial charge in [0, 0.05) is 6.42 Å². The zero-order chi connectivity index (χ0) is 9.68. The maximum absolute atomic E-state index is 4.42. The average Bonchev–Trinajstić information content (AvgIpc) is 2.18. The first-order chi connectivity index (χ1) is 6.24. The van der Waals surface area contributed by atoms with E-state index in [9.17, 15) is 0 Å². The molecule has 70 valence electrons. The van der Waals surface area contributed by atoms with Crippen LogP contribution < -0.4 is 0 Å². The standard InChI is InChI=1S/C11H14S2/c1-2-10(12)11(13)8-9-6-4-3-5-7-9/h3-7,12-13H,2,8H2,1H3/b11-10-. The molecule has 0 bridgehead atoms. The Morgan fingerprint density at radius 1 is 1.08 bits per heavy atom. The highest BCUT2D eigenvalue weighted by Crippen LogP contribution is 2.20. The summed E-state index contributed by atoms with van der Waals surface area (Å²) in [5.74, 6) is 0. The second kappa shape index (κ2) is 5.40. The number of hydrogen-bond acceptors (Lipinski definition) is 2. The first-order valence-electron chi connectivity index (χ1n) is 4.38. The first-order valence-corrected chi connectivity index (χ1v) is 5.27. The molecule has 0 aliphatic carbocycles. The van der Waals surface area contributed by atoms with Gasteiger partial charge in [-0.25, -0.2) is 0 Å². The van der Waals surface area contributed by atoms with Crippen LogP contribution in [0.25, 0.3) is 0 Å². The molecular formula is C11H14S2. The van der Waals surface area contributed by atoms with Crippen LogP contribution in [0.5, 0.6) is 0 Å². The monoisotopic (exact) mass is 210 g/mol. The van der Waals surface area contributed by atoms with Crippen molar-refractivity contribution in [2.24, 2.45) is 0 Å². The molecule has 0 N–H and O–H groups in total. The van der Waals surface area contributed by atoms with E-state index in [1.54, 1.807) is 0 Å². The van der Waals surface area contributed by atoms with Gasteiger partial charge in [-0.05, 0) is 21.8 Å². The van der Waals surface area contributed by atoms with Crippen molar-refractivity contribution in [2.75, 3.05) is 0 Å². The lowest BCUT2D eigenvalue weighted by atomic mass is 10.1. The first kappa shape index (κ1) is 10.7. The molecule has 0 aromatic heterocycles. The number of allylic oxidation sites excluding steroid dienone is 2. The van der Waals surface area contributed by atoms with Gasteiger partial charge in [0.15, 0.2) is 0 Å². The van der Waals surface area contributed by atoms with Gasteiger partial charge in [-0.3, -0.25) is 0 Å². The molecule has 0 unspecified atom stereocenters. The van der Waals surface area contributed by atoms with Crippen molar-refractivity contribution in [3.63, 3.8) is 0 Å². The van der Waals surface area contributed by atoms with Gasteiger partial charge in [0.25, 0.3) is 0 Å². The molecule has 1 aromatic rings. The zero-order valence-corrected chi connectivity index (χ0v) is 9.48. The van der Waals surface area contributed by atoms with Crippen LogP contribution in [0.3, 0.4) is 0 Å². The van der Waals surface area contributed by atoms with E-state index in [0.717, 1.165) is 22.7 Å². The largest absolute Gasteiger partial charge is 0.147 e. The van der Waals surface area contributed by atoms with Crippen LogP contribution in [0, 0.1) is 0 Å². The van der Waals surface area contributed by atoms with E-state index in [2.05, 4.69) is 44.3 Å². The van der Waals surface area contributed by atoms with Crippen LogP contribution in [-0.2, 0) is 6.42 Å². The summed E-state index contributed by atoms with van der Waals surface area (Å²) in [6.45, 7) is 2.09. The SMILES string of the molecule is CC/C(S)=C(/S)Cc1ccccc1. The molecule has 0 fully saturated rings. The minimum Gasteiger partial charge on any atom is -0.147 e. The van der Waals surface area contributed by atoms with Crippen LogP contribution in [0.15, 0.2) is 40.1 Å². The summed E-state index contributed by atoms with van der Waals surface area (Å²) in [6, 6.07) is 10.3. The van der Waals surface area contributed by atoms with Gasteiger partial charge in [0.1, 0.15) is 0 Å². The van der Waals surface area contributed by atoms with Gasteiger partial charge in [0.2, 0.25) is 0 Å². The Labute approximate surface area is 90.9 Å². The molecule has 1 aromatic carbocycles. The molecular weight excluding hydrogens is 196 g/mol. The topological polar surface area (TPSA) is 0 Å². The van der Waals surface area contributed by atoms with E-state index in [0.29, 0.717) is 0 Å². The van der Waals surface area contributed by atoms with E-state index in [-0.39, 0.29) is 0 Å². The van der Waals surface area contributed by atoms with Gasteiger partial charge < -0.3 is 0 Å². The zero-order valence-electron chi connectivity index (χ0n) is 7.70. The smallest absolute Gasteiger partial charge is 0.00396 e. The molecule has 0 aliphatic heterocycles. The van der Waals surface area contributed by atoms with Crippen LogP contribution >= 0.6 is 25.3 Å². The Balaban J connectivity index is 2.70. The predicted molar refractivity (Wildman–Crippen MR) is 65.4 cm³/mol. The summed E-state index contributed by atoms with van der Waals surface area (Å²) in [7, 11) is 0. The van der Waals surface area contributed by atoms with Gasteiger partial charge in [-0.2, -0.15) is 0 Å². The van der Waals surface area contributed by atoms with Gasteiger partial charge in [0.05, 0.1) is 0 Å². The molecule has 0 heterocycles. The lowest BCUT2D eigenvalue weighted by Gasteiger charge is -2.03. The second-order valence-electron chi connectivity index (χ2n) is 2.91. The number of rotatable bonds is 3. The molecule has 0 saturated heterocycles. The molecule has 1 rings (SSSR count). The Hall–Kier alpha value is -0.340. The third kappa shape index (κ3) is 3.49. The van der Waals surface area contributed by atoms with Crippen LogP contribution in [-0.4, -0.2) is 0 Å². The molecule has 0 radical (unpaired) electrons. The summed E-state index contributed by atoms with van der Waals surface area (Å²) in [5.41, 5.74) is 1.28. The van der Waals surface area contributed by atoms with E-state index < -0.39 is 0 Å². The number of hydrogen-bond donors (Lipinski definition) is 2. The predicted octanol–water partition coefficient (Wildman–Crippen LogP) is 3.71. The summed E-state index contributed by atoms with van der Waals surface area (Å²) in [6.07, 6.45) is 1.84. The summed E-state index contributed by atoms with van der Waals surface area (Å²) < 4.78 is 0. The minimum absolute atomic E-state index is 0.886. The fourth-order valence-electron chi connectivity index (χ4n) is 1.10. The highest BCUT2D eigenvalue weighted by Gasteiger charge is 1.98. The quantitative estimate of drug-likeness (QED) is 0.698. The Bertz CT molecular complexity index is 288. The van der Waals surface area contributed by atoms with Crippen molar-refractivity contribution in [2.45, 2.75) is 19.8 Å². The van der Waals surface area contributed by atoms with Crippen LogP contribution in [0.2, 0.25) is 0 Å². The van der Waals surface area contributed by atoms with Crippen molar-refractivity contribution < 1.29 is 0 Å². The van der Waals surface area contributed by atoms with Crippen molar-refractivity contribution in [1.29, 1.82) is 0 Å². The van der Waals surface area contributed by atoms with E-state index >= 15 is 0 Å². The lowest BCUT2D eigenvalue weighted by molar-refractivity contribution is 1.15. The Morgan fingerprint density at radius 2 is 1.69 bits per heavy atom. The maximum atomic E-state index is 4.42. The molecule has 0 spiro atoms. The summed E-state index contributed by atoms with van der Waals surface area (Å²) >= 11 is 8.78. The van der Waals surface area contributed by atoms with Gasteiger partial charge in [-0.15, -0.1) is 25.3 Å². The summed E-state index contributed by atoms with van der Waals surface area (Å²) in [4.78, 5) is 2.14. The van der Waals surface area contributed by atoms with E-state index in [4.69, 9.17) is 0 Å². The van der Waals surface area contributed by atoms with Crippen molar-refractivity contribution in [1.82, 2.24) is 0 Å². The normalized spacial score (nSPS) is 12.5. The average molecular weight is 210 g/mol. The van der Waals surface area contributed by atoms with Crippen molar-refractivity contribution >= 4 is 25.3 Å². The summed E-state index contributed by atoms with van der Waals surface area (Å²) in [5, 5.41) is 0. The maximum Gasteiger partial charge on any atom is 0.00396 e. The Morgan fingerprint density at radius 3 is 2.23 bits per heavy atom. The van der Waals surface area contributed by atoms with Crippen LogP contribution in [0.4, 0.5) is 0 Å².